The van der Waals surface area contributed by atoms with Crippen molar-refractivity contribution in [3.8, 4) is 33.6 Å². The van der Waals surface area contributed by atoms with Crippen molar-refractivity contribution in [3.05, 3.63) is 175 Å². The van der Waals surface area contributed by atoms with Crippen LogP contribution in [0.4, 0.5) is 5.69 Å². The Morgan fingerprint density at radius 1 is 0.391 bits per heavy atom. The summed E-state index contributed by atoms with van der Waals surface area (Å²) in [5.41, 5.74) is 12.1. The van der Waals surface area contributed by atoms with E-state index in [4.69, 9.17) is 6.57 Å². The van der Waals surface area contributed by atoms with Gasteiger partial charge < -0.3 is 9.13 Å². The second kappa shape index (κ2) is 10.4. The molecule has 7 aromatic carbocycles. The molecule has 2 aromatic heterocycles. The summed E-state index contributed by atoms with van der Waals surface area (Å²) in [5.74, 6) is 0. The minimum atomic E-state index is 0.639. The number of aromatic nitrogens is 2. The minimum Gasteiger partial charge on any atom is -0.309 e. The fourth-order valence-electron chi connectivity index (χ4n) is 7.06. The van der Waals surface area contributed by atoms with Crippen LogP contribution in [0.1, 0.15) is 0 Å². The number of fused-ring (bicyclic) bond motifs is 6. The van der Waals surface area contributed by atoms with Crippen molar-refractivity contribution in [3.63, 3.8) is 0 Å². The van der Waals surface area contributed by atoms with Crippen molar-refractivity contribution >= 4 is 49.3 Å². The van der Waals surface area contributed by atoms with Gasteiger partial charge in [0.1, 0.15) is 0 Å². The third-order valence-corrected chi connectivity index (χ3v) is 9.14. The number of hydrogen-bond acceptors (Lipinski definition) is 0. The van der Waals surface area contributed by atoms with Gasteiger partial charge in [0.2, 0.25) is 0 Å². The van der Waals surface area contributed by atoms with Crippen molar-refractivity contribution < 1.29 is 0 Å². The van der Waals surface area contributed by atoms with Gasteiger partial charge in [0.15, 0.2) is 5.69 Å². The Kier molecular flexibility index (Phi) is 5.88. The maximum atomic E-state index is 7.46. The molecule has 0 aliphatic carbocycles. The SMILES string of the molecule is [C-]#[N+]c1ccc(-c2ccc(-c3cccc(-n4c5ccccc5c5ccccc54)c3)cc2-n2c3ccccc3c3ccccc32)cc1. The van der Waals surface area contributed by atoms with Crippen molar-refractivity contribution in [2.75, 3.05) is 0 Å². The fraction of sp³-hybridized carbons (Fsp3) is 0. The molecule has 0 unspecified atom stereocenters. The Balaban J connectivity index is 1.29. The van der Waals surface area contributed by atoms with E-state index < -0.39 is 0 Å². The van der Waals surface area contributed by atoms with Crippen LogP contribution >= 0.6 is 0 Å². The van der Waals surface area contributed by atoms with Crippen LogP contribution in [0.25, 0.3) is 82.1 Å². The second-order valence-corrected chi connectivity index (χ2v) is 11.7. The molecule has 9 aromatic rings. The van der Waals surface area contributed by atoms with Crippen LogP contribution in [-0.4, -0.2) is 9.13 Å². The number of para-hydroxylation sites is 4. The predicted molar refractivity (Wildman–Crippen MR) is 192 cm³/mol. The number of hydrogen-bond donors (Lipinski definition) is 0. The van der Waals surface area contributed by atoms with Gasteiger partial charge in [-0.1, -0.05) is 121 Å². The van der Waals surface area contributed by atoms with Gasteiger partial charge in [-0.15, -0.1) is 0 Å². The predicted octanol–water partition coefficient (Wildman–Crippen LogP) is 11.8. The first-order valence-electron chi connectivity index (χ1n) is 15.5. The minimum absolute atomic E-state index is 0.639. The highest BCUT2D eigenvalue weighted by molar-refractivity contribution is 6.10. The summed E-state index contributed by atoms with van der Waals surface area (Å²) in [6.07, 6.45) is 0. The maximum absolute atomic E-state index is 7.46. The summed E-state index contributed by atoms with van der Waals surface area (Å²) in [6, 6.07) is 58.1. The van der Waals surface area contributed by atoms with E-state index in [0.717, 1.165) is 33.6 Å². The summed E-state index contributed by atoms with van der Waals surface area (Å²) in [7, 11) is 0. The molecule has 0 aliphatic heterocycles. The lowest BCUT2D eigenvalue weighted by atomic mass is 9.97. The average molecular weight is 586 g/mol. The van der Waals surface area contributed by atoms with Crippen LogP contribution in [0.3, 0.4) is 0 Å². The van der Waals surface area contributed by atoms with Crippen LogP contribution in [0.5, 0.6) is 0 Å². The molecular formula is C43H27N3. The molecule has 3 nitrogen and oxygen atoms in total. The molecule has 0 spiro atoms. The van der Waals surface area contributed by atoms with Crippen LogP contribution in [-0.2, 0) is 0 Å². The van der Waals surface area contributed by atoms with Crippen molar-refractivity contribution in [2.24, 2.45) is 0 Å². The first-order chi connectivity index (χ1) is 22.8. The molecule has 46 heavy (non-hydrogen) atoms. The molecule has 0 fully saturated rings. The van der Waals surface area contributed by atoms with Crippen LogP contribution in [0.2, 0.25) is 0 Å². The lowest BCUT2D eigenvalue weighted by Gasteiger charge is -2.17. The molecule has 0 saturated carbocycles. The molecule has 9 rings (SSSR count). The lowest BCUT2D eigenvalue weighted by molar-refractivity contribution is 1.17. The molecule has 0 N–H and O–H groups in total. The van der Waals surface area contributed by atoms with Gasteiger partial charge in [0, 0.05) is 32.8 Å². The molecular weight excluding hydrogens is 558 g/mol. The third-order valence-electron chi connectivity index (χ3n) is 9.14. The zero-order valence-corrected chi connectivity index (χ0v) is 24.9. The topological polar surface area (TPSA) is 14.2 Å². The van der Waals surface area contributed by atoms with Gasteiger partial charge in [0.25, 0.3) is 0 Å². The Labute approximate surface area is 266 Å². The Hall–Kier alpha value is -6.37. The molecule has 3 heteroatoms. The smallest absolute Gasteiger partial charge is 0.187 e. The van der Waals surface area contributed by atoms with Crippen LogP contribution in [0.15, 0.2) is 164 Å². The molecule has 214 valence electrons. The van der Waals surface area contributed by atoms with E-state index in [0.29, 0.717) is 5.69 Å². The number of benzene rings is 7. The van der Waals surface area contributed by atoms with E-state index in [1.807, 2.05) is 12.1 Å². The molecule has 0 saturated heterocycles. The van der Waals surface area contributed by atoms with Gasteiger partial charge >= 0.3 is 0 Å². The normalized spacial score (nSPS) is 11.5. The summed E-state index contributed by atoms with van der Waals surface area (Å²) >= 11 is 0. The lowest BCUT2D eigenvalue weighted by Crippen LogP contribution is -1.98. The van der Waals surface area contributed by atoms with E-state index in [9.17, 15) is 0 Å². The molecule has 0 bridgehead atoms. The van der Waals surface area contributed by atoms with E-state index in [2.05, 4.69) is 166 Å². The standard InChI is InChI=1S/C43H27N3/c1-44-32-24-21-29(22-25-32)34-26-23-31(28-43(34)46-41-19-8-4-15-37(41)38-16-5-9-20-42(38)46)30-11-10-12-33(27-30)45-39-17-6-2-13-35(39)36-14-3-7-18-40(36)45/h2-28H. The van der Waals surface area contributed by atoms with Crippen molar-refractivity contribution in [1.82, 2.24) is 9.13 Å². The van der Waals surface area contributed by atoms with Gasteiger partial charge in [0.05, 0.1) is 34.3 Å². The number of rotatable bonds is 4. The Bertz CT molecular complexity index is 2540. The van der Waals surface area contributed by atoms with Gasteiger partial charge in [-0.25, -0.2) is 4.85 Å². The Morgan fingerprint density at radius 2 is 0.870 bits per heavy atom. The zero-order valence-electron chi connectivity index (χ0n) is 24.9. The molecule has 0 amide bonds. The van der Waals surface area contributed by atoms with Gasteiger partial charge in [-0.05, 0) is 59.2 Å². The quantitative estimate of drug-likeness (QED) is 0.182. The first-order valence-corrected chi connectivity index (χ1v) is 15.5. The molecule has 0 radical (unpaired) electrons. The van der Waals surface area contributed by atoms with E-state index in [1.54, 1.807) is 0 Å². The second-order valence-electron chi connectivity index (χ2n) is 11.7. The summed E-state index contributed by atoms with van der Waals surface area (Å²) < 4.78 is 4.76. The summed E-state index contributed by atoms with van der Waals surface area (Å²) in [5, 5.41) is 4.97. The monoisotopic (exact) mass is 585 g/mol. The zero-order chi connectivity index (χ0) is 30.6. The van der Waals surface area contributed by atoms with Gasteiger partial charge in [-0.3, -0.25) is 0 Å². The highest BCUT2D eigenvalue weighted by atomic mass is 15.0. The summed E-state index contributed by atoms with van der Waals surface area (Å²) in [4.78, 5) is 3.62. The van der Waals surface area contributed by atoms with Crippen LogP contribution in [0, 0.1) is 6.57 Å². The highest BCUT2D eigenvalue weighted by Gasteiger charge is 2.17. The largest absolute Gasteiger partial charge is 0.309 e. The molecule has 0 aliphatic rings. The Morgan fingerprint density at radius 3 is 1.41 bits per heavy atom. The van der Waals surface area contributed by atoms with E-state index in [1.165, 1.54) is 43.6 Å². The highest BCUT2D eigenvalue weighted by Crippen LogP contribution is 2.39. The van der Waals surface area contributed by atoms with Crippen molar-refractivity contribution in [1.29, 1.82) is 0 Å². The first kappa shape index (κ1) is 26.1. The summed E-state index contributed by atoms with van der Waals surface area (Å²) in [6.45, 7) is 7.46. The third kappa shape index (κ3) is 3.98. The van der Waals surface area contributed by atoms with Crippen molar-refractivity contribution in [2.45, 2.75) is 0 Å². The van der Waals surface area contributed by atoms with E-state index in [-0.39, 0.29) is 0 Å². The molecule has 2 heterocycles. The van der Waals surface area contributed by atoms with Crippen LogP contribution < -0.4 is 0 Å². The average Bonchev–Trinajstić information content (AvgIpc) is 3.65. The number of nitrogens with zero attached hydrogens (tertiary/aromatic N) is 3. The van der Waals surface area contributed by atoms with Gasteiger partial charge in [-0.2, -0.15) is 0 Å². The maximum Gasteiger partial charge on any atom is 0.187 e. The fourth-order valence-corrected chi connectivity index (χ4v) is 7.06. The molecule has 0 atom stereocenters. The van der Waals surface area contributed by atoms with E-state index >= 15 is 0 Å².